The van der Waals surface area contributed by atoms with Gasteiger partial charge in [-0.25, -0.2) is 14.8 Å². The number of anilines is 1. The van der Waals surface area contributed by atoms with Gasteiger partial charge in [-0.1, -0.05) is 17.4 Å². The summed E-state index contributed by atoms with van der Waals surface area (Å²) in [5.41, 5.74) is 1.32. The number of carboxylic acid groups (broad SMARTS) is 1. The van der Waals surface area contributed by atoms with Crippen LogP contribution in [0.4, 0.5) is 18.9 Å². The third-order valence-corrected chi connectivity index (χ3v) is 7.28. The number of fused-ring (bicyclic) bond motifs is 2. The molecule has 0 amide bonds. The molecule has 0 bridgehead atoms. The molecule has 5 aromatic rings. The molecule has 2 N–H and O–H groups in total. The van der Waals surface area contributed by atoms with E-state index in [1.165, 1.54) is 11.3 Å². The first-order valence-electron chi connectivity index (χ1n) is 11.9. The Hall–Kier alpha value is -4.25. The highest BCUT2D eigenvalue weighted by Crippen LogP contribution is 2.35. The Kier molecular flexibility index (Phi) is 6.42. The summed E-state index contributed by atoms with van der Waals surface area (Å²) >= 11 is 1.42. The van der Waals surface area contributed by atoms with Gasteiger partial charge in [0.25, 0.3) is 0 Å². The SMILES string of the molecule is Cc1cc([C@@H](C)Nc2ccc(C(F)(F)F)cc2C(=O)O)c2oc(-c3ccc4nc(C)sc4n3)c(C)c(=O)c2c1. The van der Waals surface area contributed by atoms with E-state index in [2.05, 4.69) is 15.3 Å². The molecule has 0 fully saturated rings. The van der Waals surface area contributed by atoms with E-state index in [1.54, 1.807) is 39.0 Å². The van der Waals surface area contributed by atoms with Gasteiger partial charge in [0.15, 0.2) is 11.2 Å². The van der Waals surface area contributed by atoms with E-state index in [0.29, 0.717) is 38.9 Å². The smallest absolute Gasteiger partial charge is 0.416 e. The Balaban J connectivity index is 1.64. The number of hydrogen-bond donors (Lipinski definition) is 2. The number of nitrogens with one attached hydrogen (secondary N) is 1. The summed E-state index contributed by atoms with van der Waals surface area (Å²) in [5, 5.41) is 13.8. The molecule has 0 saturated heterocycles. The van der Waals surface area contributed by atoms with Crippen molar-refractivity contribution < 1.29 is 27.5 Å². The minimum absolute atomic E-state index is 0.0000201. The second-order valence-electron chi connectivity index (χ2n) is 9.30. The van der Waals surface area contributed by atoms with Crippen LogP contribution < -0.4 is 10.7 Å². The van der Waals surface area contributed by atoms with Crippen molar-refractivity contribution in [1.82, 2.24) is 9.97 Å². The Labute approximate surface area is 224 Å². The molecule has 200 valence electrons. The topological polar surface area (TPSA) is 105 Å². The zero-order valence-corrected chi connectivity index (χ0v) is 22.0. The van der Waals surface area contributed by atoms with Gasteiger partial charge in [0.05, 0.1) is 27.6 Å². The number of carbonyl (C=O) groups is 1. The molecule has 2 aromatic carbocycles. The maximum absolute atomic E-state index is 13.4. The van der Waals surface area contributed by atoms with Crippen LogP contribution in [-0.2, 0) is 6.18 Å². The van der Waals surface area contributed by atoms with E-state index in [1.807, 2.05) is 13.0 Å². The summed E-state index contributed by atoms with van der Waals surface area (Å²) in [6.07, 6.45) is -4.69. The molecule has 3 heterocycles. The summed E-state index contributed by atoms with van der Waals surface area (Å²) < 4.78 is 45.9. The third-order valence-electron chi connectivity index (χ3n) is 6.40. The number of alkyl halides is 3. The number of aromatic carboxylic acids is 1. The third kappa shape index (κ3) is 4.85. The lowest BCUT2D eigenvalue weighted by Gasteiger charge is -2.20. The van der Waals surface area contributed by atoms with E-state index in [9.17, 15) is 27.9 Å². The van der Waals surface area contributed by atoms with E-state index in [0.717, 1.165) is 28.2 Å². The molecule has 0 aliphatic rings. The highest BCUT2D eigenvalue weighted by atomic mass is 32.1. The fraction of sp³-hybridized carbons (Fsp3) is 0.214. The minimum atomic E-state index is -4.69. The predicted octanol–water partition coefficient (Wildman–Crippen LogP) is 7.28. The summed E-state index contributed by atoms with van der Waals surface area (Å²) in [5.74, 6) is -1.22. The highest BCUT2D eigenvalue weighted by Gasteiger charge is 2.32. The molecule has 0 spiro atoms. The highest BCUT2D eigenvalue weighted by molar-refractivity contribution is 7.18. The van der Waals surface area contributed by atoms with Gasteiger partial charge in [0.2, 0.25) is 0 Å². The van der Waals surface area contributed by atoms with Gasteiger partial charge in [0, 0.05) is 16.8 Å². The molecular weight excluding hydrogens is 531 g/mol. The molecule has 0 unspecified atom stereocenters. The fourth-order valence-electron chi connectivity index (χ4n) is 4.52. The normalized spacial score (nSPS) is 12.7. The molecular formula is C28H22F3N3O4S. The first-order valence-corrected chi connectivity index (χ1v) is 12.7. The summed E-state index contributed by atoms with van der Waals surface area (Å²) in [7, 11) is 0. The Bertz CT molecular complexity index is 1840. The summed E-state index contributed by atoms with van der Waals surface area (Å²) in [6, 6.07) is 8.90. The van der Waals surface area contributed by atoms with Gasteiger partial charge in [-0.05, 0) is 69.7 Å². The van der Waals surface area contributed by atoms with Crippen LogP contribution in [0.3, 0.4) is 0 Å². The number of benzene rings is 2. The first-order chi connectivity index (χ1) is 18.3. The van der Waals surface area contributed by atoms with Crippen LogP contribution in [0.1, 0.15) is 50.6 Å². The van der Waals surface area contributed by atoms with E-state index in [-0.39, 0.29) is 16.7 Å². The van der Waals surface area contributed by atoms with Crippen LogP contribution in [0.2, 0.25) is 0 Å². The Morgan fingerprint density at radius 1 is 1.08 bits per heavy atom. The summed E-state index contributed by atoms with van der Waals surface area (Å²) in [4.78, 5) is 35.0. The standard InChI is InChI=1S/C28H22F3N3O4S/c1-12-9-17(14(3)32-20-6-5-16(28(29,30)31)11-18(20)27(36)37)25-19(10-12)23(35)13(2)24(38-25)21-7-8-22-26(34-21)39-15(4)33-22/h5-11,14,32H,1-4H3,(H,36,37)/t14-/m1/s1. The number of thiazole rings is 1. The van der Waals surface area contributed by atoms with Gasteiger partial charge in [0.1, 0.15) is 21.6 Å². The van der Waals surface area contributed by atoms with Gasteiger partial charge in [-0.2, -0.15) is 13.2 Å². The van der Waals surface area contributed by atoms with Crippen LogP contribution >= 0.6 is 11.3 Å². The van der Waals surface area contributed by atoms with Crippen molar-refractivity contribution in [3.8, 4) is 11.5 Å². The number of aryl methyl sites for hydroxylation is 2. The average Bonchev–Trinajstić information content (AvgIpc) is 3.24. The van der Waals surface area contributed by atoms with Crippen molar-refractivity contribution in [2.45, 2.75) is 39.9 Å². The van der Waals surface area contributed by atoms with Crippen LogP contribution in [0.15, 0.2) is 51.7 Å². The number of nitrogens with zero attached hydrogens (tertiary/aromatic N) is 2. The van der Waals surface area contributed by atoms with Gasteiger partial charge >= 0.3 is 12.1 Å². The fourth-order valence-corrected chi connectivity index (χ4v) is 5.31. The maximum atomic E-state index is 13.4. The van der Waals surface area contributed by atoms with Crippen LogP contribution in [-0.4, -0.2) is 21.0 Å². The van der Waals surface area contributed by atoms with Crippen molar-refractivity contribution in [3.05, 3.63) is 85.5 Å². The second kappa shape index (κ2) is 9.49. The largest absolute Gasteiger partial charge is 0.478 e. The number of hydrogen-bond acceptors (Lipinski definition) is 7. The van der Waals surface area contributed by atoms with Crippen LogP contribution in [0.25, 0.3) is 32.8 Å². The Morgan fingerprint density at radius 2 is 1.82 bits per heavy atom. The lowest BCUT2D eigenvalue weighted by molar-refractivity contribution is -0.137. The lowest BCUT2D eigenvalue weighted by atomic mass is 9.99. The van der Waals surface area contributed by atoms with Gasteiger partial charge in [-0.15, -0.1) is 0 Å². The minimum Gasteiger partial charge on any atom is -0.478 e. The molecule has 0 aliphatic carbocycles. The zero-order valence-electron chi connectivity index (χ0n) is 21.2. The zero-order chi connectivity index (χ0) is 28.2. The van der Waals surface area contributed by atoms with Gasteiger partial charge < -0.3 is 14.8 Å². The molecule has 0 saturated carbocycles. The number of rotatable bonds is 5. The van der Waals surface area contributed by atoms with Crippen molar-refractivity contribution in [3.63, 3.8) is 0 Å². The molecule has 11 heteroatoms. The molecule has 0 aliphatic heterocycles. The number of aromatic nitrogens is 2. The van der Waals surface area contributed by atoms with E-state index >= 15 is 0 Å². The van der Waals surface area contributed by atoms with Crippen molar-refractivity contribution >= 4 is 44.3 Å². The first kappa shape index (κ1) is 26.4. The monoisotopic (exact) mass is 553 g/mol. The molecule has 39 heavy (non-hydrogen) atoms. The van der Waals surface area contributed by atoms with Crippen LogP contribution in [0, 0.1) is 20.8 Å². The van der Waals surface area contributed by atoms with Gasteiger partial charge in [-0.3, -0.25) is 4.79 Å². The Morgan fingerprint density at radius 3 is 2.51 bits per heavy atom. The molecule has 7 nitrogen and oxygen atoms in total. The quantitative estimate of drug-likeness (QED) is 0.236. The molecule has 5 rings (SSSR count). The number of pyridine rings is 1. The van der Waals surface area contributed by atoms with E-state index < -0.39 is 29.3 Å². The molecule has 0 radical (unpaired) electrons. The predicted molar refractivity (Wildman–Crippen MR) is 144 cm³/mol. The van der Waals surface area contributed by atoms with E-state index in [4.69, 9.17) is 4.42 Å². The number of halogens is 3. The molecule has 3 aromatic heterocycles. The average molecular weight is 554 g/mol. The molecule has 1 atom stereocenters. The second-order valence-corrected chi connectivity index (χ2v) is 10.5. The van der Waals surface area contributed by atoms with Crippen molar-refractivity contribution in [1.29, 1.82) is 0 Å². The summed E-state index contributed by atoms with van der Waals surface area (Å²) in [6.45, 7) is 7.06. The van der Waals surface area contributed by atoms with Crippen LogP contribution in [0.5, 0.6) is 0 Å². The van der Waals surface area contributed by atoms with Crippen molar-refractivity contribution in [2.24, 2.45) is 0 Å². The number of carboxylic acids is 1. The lowest BCUT2D eigenvalue weighted by Crippen LogP contribution is -2.15. The van der Waals surface area contributed by atoms with Crippen molar-refractivity contribution in [2.75, 3.05) is 5.32 Å². The maximum Gasteiger partial charge on any atom is 0.416 e.